The first kappa shape index (κ1) is 29.1. The number of anilines is 3. The second-order valence-electron chi connectivity index (χ2n) is 11.4. The molecule has 38 heavy (non-hydrogen) atoms. The lowest BCUT2D eigenvalue weighted by Gasteiger charge is -2.36. The van der Waals surface area contributed by atoms with Gasteiger partial charge in [-0.05, 0) is 91.2 Å². The Kier molecular flexibility index (Phi) is 7.85. The van der Waals surface area contributed by atoms with Gasteiger partial charge in [-0.1, -0.05) is 20.8 Å². The molecule has 2 N–H and O–H groups in total. The largest absolute Gasteiger partial charge is 0.417 e. The molecule has 0 aliphatic heterocycles. The number of fused-ring (bicyclic) bond motifs is 1. The molecule has 206 valence electrons. The van der Waals surface area contributed by atoms with Crippen molar-refractivity contribution in [1.82, 2.24) is 9.97 Å². The fourth-order valence-corrected chi connectivity index (χ4v) is 7.12. The first-order chi connectivity index (χ1) is 17.6. The molecule has 1 aromatic heterocycles. The smallest absolute Gasteiger partial charge is 0.238 e. The molecule has 0 amide bonds. The predicted octanol–water partition coefficient (Wildman–Crippen LogP) is 7.25. The Hall–Kier alpha value is -1.90. The summed E-state index contributed by atoms with van der Waals surface area (Å²) in [4.78, 5) is 8.17. The van der Waals surface area contributed by atoms with E-state index in [4.69, 9.17) is 4.43 Å². The van der Waals surface area contributed by atoms with Crippen LogP contribution >= 0.6 is 22.6 Å². The molecule has 0 unspecified atom stereocenters. The Bertz CT molecular complexity index is 1490. The van der Waals surface area contributed by atoms with Crippen LogP contribution in [0.1, 0.15) is 45.7 Å². The highest BCUT2D eigenvalue weighted by atomic mass is 127. The van der Waals surface area contributed by atoms with E-state index in [9.17, 15) is 12.8 Å². The number of nitrogens with one attached hydrogen (secondary N) is 2. The van der Waals surface area contributed by atoms with Crippen molar-refractivity contribution < 1.29 is 21.6 Å². The molecule has 1 heterocycles. The van der Waals surface area contributed by atoms with Gasteiger partial charge in [0.05, 0.1) is 16.1 Å². The molecule has 0 saturated heterocycles. The Morgan fingerprint density at radius 2 is 1.82 bits per heavy atom. The monoisotopic (exact) mass is 674 g/mol. The van der Waals surface area contributed by atoms with Crippen LogP contribution < -0.4 is 10.0 Å². The van der Waals surface area contributed by atoms with E-state index in [1.807, 2.05) is 22.6 Å². The molecule has 7 nitrogen and oxygen atoms in total. The number of rotatable bonds is 9. The van der Waals surface area contributed by atoms with Gasteiger partial charge in [0, 0.05) is 21.3 Å². The number of hydrogen-bond donors (Lipinski definition) is 2. The summed E-state index contributed by atoms with van der Waals surface area (Å²) in [6, 6.07) is 5.95. The van der Waals surface area contributed by atoms with Crippen molar-refractivity contribution >= 4 is 68.9 Å². The molecule has 12 heteroatoms. The van der Waals surface area contributed by atoms with Crippen LogP contribution in [-0.2, 0) is 14.4 Å². The van der Waals surface area contributed by atoms with E-state index < -0.39 is 34.7 Å². The molecule has 0 spiro atoms. The van der Waals surface area contributed by atoms with E-state index in [1.54, 1.807) is 13.0 Å². The van der Waals surface area contributed by atoms with Crippen molar-refractivity contribution in [3.8, 4) is 0 Å². The van der Waals surface area contributed by atoms with Gasteiger partial charge in [-0.3, -0.25) is 4.72 Å². The zero-order valence-corrected chi connectivity index (χ0v) is 26.4. The van der Waals surface area contributed by atoms with Gasteiger partial charge in [0.2, 0.25) is 10.0 Å². The molecule has 2 aromatic carbocycles. The highest BCUT2D eigenvalue weighted by molar-refractivity contribution is 14.1. The first-order valence-corrected chi connectivity index (χ1v) is 17.9. The van der Waals surface area contributed by atoms with Crippen LogP contribution in [-0.4, -0.2) is 38.1 Å². The molecule has 0 radical (unpaired) electrons. The van der Waals surface area contributed by atoms with Crippen LogP contribution in [0.3, 0.4) is 0 Å². The van der Waals surface area contributed by atoms with E-state index in [2.05, 4.69) is 53.9 Å². The molecular formula is C26H33F2IN4O3SSi. The zero-order chi connectivity index (χ0) is 28.1. The molecule has 0 bridgehead atoms. The summed E-state index contributed by atoms with van der Waals surface area (Å²) in [5.74, 6) is -1.39. The fraction of sp³-hybridized carbons (Fsp3) is 0.462. The highest BCUT2D eigenvalue weighted by Crippen LogP contribution is 2.49. The minimum absolute atomic E-state index is 0.00867. The minimum atomic E-state index is -3.94. The maximum atomic E-state index is 15.8. The van der Waals surface area contributed by atoms with Gasteiger partial charge in [-0.2, -0.15) is 0 Å². The van der Waals surface area contributed by atoms with E-state index in [0.29, 0.717) is 40.5 Å². The minimum Gasteiger partial charge on any atom is -0.417 e. The van der Waals surface area contributed by atoms with Crippen molar-refractivity contribution in [1.29, 1.82) is 0 Å². The number of aromatic nitrogens is 2. The average molecular weight is 675 g/mol. The van der Waals surface area contributed by atoms with E-state index in [0.717, 1.165) is 0 Å². The summed E-state index contributed by atoms with van der Waals surface area (Å²) in [6.07, 6.45) is 2.54. The summed E-state index contributed by atoms with van der Waals surface area (Å²) in [5.41, 5.74) is 0.289. The Morgan fingerprint density at radius 3 is 2.42 bits per heavy atom. The van der Waals surface area contributed by atoms with E-state index in [-0.39, 0.29) is 27.6 Å². The van der Waals surface area contributed by atoms with Crippen molar-refractivity contribution in [2.24, 2.45) is 0 Å². The van der Waals surface area contributed by atoms with Crippen LogP contribution in [0.5, 0.6) is 0 Å². The third-order valence-electron chi connectivity index (χ3n) is 7.71. The highest BCUT2D eigenvalue weighted by Gasteiger charge is 2.54. The topological polar surface area (TPSA) is 93.2 Å². The summed E-state index contributed by atoms with van der Waals surface area (Å²) >= 11 is 1.98. The molecule has 1 fully saturated rings. The second kappa shape index (κ2) is 10.2. The molecule has 4 rings (SSSR count). The lowest BCUT2D eigenvalue weighted by molar-refractivity contribution is 0.277. The summed E-state index contributed by atoms with van der Waals surface area (Å²) in [7, 11) is -5.98. The fourth-order valence-electron chi connectivity index (χ4n) is 3.97. The number of sulfonamides is 1. The maximum absolute atomic E-state index is 15.8. The third-order valence-corrected chi connectivity index (χ3v) is 15.2. The molecule has 0 atom stereocenters. The number of halogens is 3. The summed E-state index contributed by atoms with van der Waals surface area (Å²) < 4.78 is 66.4. The van der Waals surface area contributed by atoms with E-state index in [1.165, 1.54) is 24.5 Å². The van der Waals surface area contributed by atoms with Gasteiger partial charge in [0.1, 0.15) is 23.3 Å². The van der Waals surface area contributed by atoms with Gasteiger partial charge in [-0.25, -0.2) is 27.2 Å². The van der Waals surface area contributed by atoms with E-state index >= 15 is 4.39 Å². The summed E-state index contributed by atoms with van der Waals surface area (Å²) in [5, 5.41) is 3.13. The number of aryl methyl sites for hydroxylation is 1. The Morgan fingerprint density at radius 1 is 1.13 bits per heavy atom. The molecule has 1 aliphatic rings. The van der Waals surface area contributed by atoms with Crippen molar-refractivity contribution in [2.45, 2.75) is 69.8 Å². The standard InChI is InChI=1S/C26H33F2IN4O3SSi/c1-16-18-14-21(33-37(34,35)26(9-10-26)11-12-36-38(5,6)25(2,3)4)24(22(28)23(18)31-15-30-16)32-20-8-7-17(29)13-19(20)27/h7-8,13-15,32-33H,9-12H2,1-6H3. The predicted molar refractivity (Wildman–Crippen MR) is 159 cm³/mol. The number of nitrogens with zero attached hydrogens (tertiary/aromatic N) is 2. The van der Waals surface area contributed by atoms with Crippen molar-refractivity contribution in [2.75, 3.05) is 16.6 Å². The second-order valence-corrected chi connectivity index (χ2v) is 19.5. The lowest BCUT2D eigenvalue weighted by atomic mass is 10.1. The lowest BCUT2D eigenvalue weighted by Crippen LogP contribution is -2.42. The van der Waals surface area contributed by atoms with Crippen LogP contribution in [0.15, 0.2) is 30.6 Å². The van der Waals surface area contributed by atoms with Gasteiger partial charge in [-0.15, -0.1) is 0 Å². The van der Waals surface area contributed by atoms with Crippen LogP contribution in [0, 0.1) is 22.1 Å². The third kappa shape index (κ3) is 5.68. The molecule has 3 aromatic rings. The quantitative estimate of drug-likeness (QED) is 0.184. The van der Waals surface area contributed by atoms with Crippen LogP contribution in [0.25, 0.3) is 10.9 Å². The molecule has 1 aliphatic carbocycles. The van der Waals surface area contributed by atoms with Crippen molar-refractivity contribution in [3.63, 3.8) is 0 Å². The van der Waals surface area contributed by atoms with Gasteiger partial charge >= 0.3 is 0 Å². The first-order valence-electron chi connectivity index (χ1n) is 12.4. The maximum Gasteiger partial charge on any atom is 0.238 e. The van der Waals surface area contributed by atoms with Crippen LogP contribution in [0.2, 0.25) is 18.1 Å². The average Bonchev–Trinajstić information content (AvgIpc) is 3.59. The van der Waals surface area contributed by atoms with Gasteiger partial charge in [0.25, 0.3) is 0 Å². The van der Waals surface area contributed by atoms with Crippen LogP contribution in [0.4, 0.5) is 25.8 Å². The Labute approximate surface area is 237 Å². The number of benzene rings is 2. The SMILES string of the molecule is Cc1ncnc2c(F)c(Nc3ccc(I)cc3F)c(NS(=O)(=O)C3(CCO[Si](C)(C)C(C)(C)C)CC3)cc12. The van der Waals surface area contributed by atoms with Gasteiger partial charge in [0.15, 0.2) is 14.1 Å². The zero-order valence-electron chi connectivity index (χ0n) is 22.4. The van der Waals surface area contributed by atoms with Crippen molar-refractivity contribution in [3.05, 3.63) is 51.5 Å². The molecule has 1 saturated carbocycles. The van der Waals surface area contributed by atoms with Gasteiger partial charge < -0.3 is 9.74 Å². The molecular weight excluding hydrogens is 641 g/mol. The Balaban J connectivity index is 1.68. The summed E-state index contributed by atoms with van der Waals surface area (Å²) in [6.45, 7) is 12.7. The number of hydrogen-bond acceptors (Lipinski definition) is 6. The normalized spacial score (nSPS) is 15.5.